The Morgan fingerprint density at radius 1 is 1.25 bits per heavy atom. The van der Waals surface area contributed by atoms with Crippen molar-refractivity contribution in [2.24, 2.45) is 11.8 Å². The van der Waals surface area contributed by atoms with Gasteiger partial charge >= 0.3 is 11.7 Å². The Kier molecular flexibility index (Phi) is 2.48. The number of halogens is 1. The predicted molar refractivity (Wildman–Crippen MR) is 74.1 cm³/mol. The summed E-state index contributed by atoms with van der Waals surface area (Å²) in [6.07, 6.45) is 2.39. The molecule has 0 spiro atoms. The van der Waals surface area contributed by atoms with Crippen LogP contribution in [0.2, 0.25) is 5.02 Å². The third-order valence-electron chi connectivity index (χ3n) is 4.50. The number of nitrogens with zero attached hydrogens (tertiary/aromatic N) is 2. The lowest BCUT2D eigenvalue weighted by Crippen LogP contribution is -2.32. The van der Waals surface area contributed by atoms with Crippen LogP contribution in [0.1, 0.15) is 12.8 Å². The van der Waals surface area contributed by atoms with Gasteiger partial charge in [0, 0.05) is 18.1 Å². The summed E-state index contributed by atoms with van der Waals surface area (Å²) >= 11 is 5.87. The molecule has 20 heavy (non-hydrogen) atoms. The normalized spacial score (nSPS) is 24.8. The summed E-state index contributed by atoms with van der Waals surface area (Å²) in [6.45, 7) is 1.53. The Morgan fingerprint density at radius 2 is 1.95 bits per heavy atom. The van der Waals surface area contributed by atoms with Crippen LogP contribution in [0, 0.1) is 11.8 Å². The smallest absolute Gasteiger partial charge is 0.326 e. The van der Waals surface area contributed by atoms with Crippen molar-refractivity contribution in [3.63, 3.8) is 0 Å². The highest BCUT2D eigenvalue weighted by Crippen LogP contribution is 2.40. The number of carbonyl (C=O) groups is 1. The molecule has 2 fully saturated rings. The van der Waals surface area contributed by atoms with E-state index in [2.05, 4.69) is 0 Å². The minimum Gasteiger partial charge on any atom is -0.326 e. The second-order valence-corrected chi connectivity index (χ2v) is 6.06. The summed E-state index contributed by atoms with van der Waals surface area (Å²) in [6, 6.07) is 4.57. The van der Waals surface area contributed by atoms with Gasteiger partial charge in [0.05, 0.1) is 5.39 Å². The van der Waals surface area contributed by atoms with E-state index in [0.717, 1.165) is 17.8 Å². The van der Waals surface area contributed by atoms with Gasteiger partial charge in [-0.2, -0.15) is 0 Å². The Labute approximate surface area is 119 Å². The van der Waals surface area contributed by atoms with Crippen molar-refractivity contribution < 1.29 is 9.32 Å². The number of hydrogen-bond donors (Lipinski definition) is 0. The van der Waals surface area contributed by atoms with Crippen molar-refractivity contribution in [3.05, 3.63) is 33.6 Å². The van der Waals surface area contributed by atoms with Gasteiger partial charge in [0.15, 0.2) is 0 Å². The number of amides is 1. The summed E-state index contributed by atoms with van der Waals surface area (Å²) in [5.41, 5.74) is -0.0540. The van der Waals surface area contributed by atoms with Crippen molar-refractivity contribution >= 4 is 28.5 Å². The van der Waals surface area contributed by atoms with Crippen molar-refractivity contribution in [1.82, 2.24) is 9.64 Å². The first-order chi connectivity index (χ1) is 9.63. The molecule has 1 aliphatic heterocycles. The maximum atomic E-state index is 12.5. The lowest BCUT2D eigenvalue weighted by molar-refractivity contribution is 0.177. The summed E-state index contributed by atoms with van der Waals surface area (Å²) < 4.78 is 6.19. The molecule has 1 saturated carbocycles. The highest BCUT2D eigenvalue weighted by atomic mass is 35.5. The van der Waals surface area contributed by atoms with E-state index in [4.69, 9.17) is 16.1 Å². The third kappa shape index (κ3) is 1.62. The fourth-order valence-electron chi connectivity index (χ4n) is 3.22. The molecule has 1 aliphatic carbocycles. The molecule has 5 nitrogen and oxygen atoms in total. The third-order valence-corrected chi connectivity index (χ3v) is 4.74. The van der Waals surface area contributed by atoms with E-state index in [1.165, 1.54) is 18.9 Å². The van der Waals surface area contributed by atoms with E-state index in [1.54, 1.807) is 17.0 Å². The highest BCUT2D eigenvalue weighted by Gasteiger charge is 2.41. The van der Waals surface area contributed by atoms with Gasteiger partial charge < -0.3 is 9.42 Å². The van der Waals surface area contributed by atoms with Crippen molar-refractivity contribution in [2.45, 2.75) is 12.8 Å². The topological polar surface area (TPSA) is 55.5 Å². The van der Waals surface area contributed by atoms with Gasteiger partial charge in [0.1, 0.15) is 5.52 Å². The van der Waals surface area contributed by atoms with Crippen LogP contribution in [0.15, 0.2) is 27.5 Å². The maximum Gasteiger partial charge on any atom is 0.366 e. The highest BCUT2D eigenvalue weighted by molar-refractivity contribution is 6.31. The predicted octanol–water partition coefficient (Wildman–Crippen LogP) is 2.56. The molecule has 0 radical (unpaired) electrons. The number of fused-ring (bicyclic) bond motifs is 2. The molecule has 0 N–H and O–H groups in total. The standard InChI is InChI=1S/C14H13ClN2O3/c15-10-3-4-12-11(5-10)13(18)20-17(12)14(19)16-6-8-1-2-9(8)7-16/h3-5,8-9H,1-2,6-7H2. The second kappa shape index (κ2) is 4.12. The quantitative estimate of drug-likeness (QED) is 0.750. The zero-order chi connectivity index (χ0) is 13.9. The van der Waals surface area contributed by atoms with Gasteiger partial charge in [-0.15, -0.1) is 4.74 Å². The first-order valence-corrected chi connectivity index (χ1v) is 7.12. The van der Waals surface area contributed by atoms with E-state index >= 15 is 0 Å². The molecule has 1 aromatic heterocycles. The minimum absolute atomic E-state index is 0.256. The van der Waals surface area contributed by atoms with E-state index in [9.17, 15) is 9.59 Å². The molecule has 2 aromatic rings. The number of carbonyl (C=O) groups excluding carboxylic acids is 1. The van der Waals surface area contributed by atoms with Crippen molar-refractivity contribution in [3.8, 4) is 0 Å². The molecular weight excluding hydrogens is 280 g/mol. The first kappa shape index (κ1) is 12.0. The molecule has 4 rings (SSSR count). The molecule has 0 bridgehead atoms. The Hall–Kier alpha value is -1.75. The lowest BCUT2D eigenvalue weighted by atomic mass is 9.77. The summed E-state index contributed by atoms with van der Waals surface area (Å²) in [7, 11) is 0. The van der Waals surface area contributed by atoms with Crippen LogP contribution in [0.3, 0.4) is 0 Å². The monoisotopic (exact) mass is 292 g/mol. The van der Waals surface area contributed by atoms with E-state index < -0.39 is 5.63 Å². The van der Waals surface area contributed by atoms with Crippen LogP contribution in [-0.2, 0) is 0 Å². The van der Waals surface area contributed by atoms with Crippen LogP contribution in [0.5, 0.6) is 0 Å². The molecule has 2 unspecified atom stereocenters. The molecule has 104 valence electrons. The second-order valence-electron chi connectivity index (χ2n) is 5.62. The van der Waals surface area contributed by atoms with Gasteiger partial charge in [-0.25, -0.2) is 9.59 Å². The number of rotatable bonds is 0. The average molecular weight is 293 g/mol. The first-order valence-electron chi connectivity index (χ1n) is 6.74. The zero-order valence-electron chi connectivity index (χ0n) is 10.7. The van der Waals surface area contributed by atoms with Gasteiger partial charge in [0.25, 0.3) is 0 Å². The Morgan fingerprint density at radius 3 is 2.60 bits per heavy atom. The molecule has 1 aromatic carbocycles. The van der Waals surface area contributed by atoms with Crippen LogP contribution in [0.4, 0.5) is 4.79 Å². The number of aromatic nitrogens is 1. The minimum atomic E-state index is -0.530. The Bertz CT molecular complexity index is 751. The van der Waals surface area contributed by atoms with Crippen LogP contribution in [0.25, 0.3) is 10.9 Å². The summed E-state index contributed by atoms with van der Waals surface area (Å²) in [4.78, 5) is 26.1. The fourth-order valence-corrected chi connectivity index (χ4v) is 3.39. The molecule has 1 saturated heterocycles. The van der Waals surface area contributed by atoms with Crippen LogP contribution >= 0.6 is 11.6 Å². The van der Waals surface area contributed by atoms with Crippen molar-refractivity contribution in [2.75, 3.05) is 13.1 Å². The lowest BCUT2D eigenvalue weighted by Gasteiger charge is -2.27. The maximum absolute atomic E-state index is 12.5. The van der Waals surface area contributed by atoms with Crippen LogP contribution < -0.4 is 5.63 Å². The Balaban J connectivity index is 1.75. The molecule has 6 heteroatoms. The zero-order valence-corrected chi connectivity index (χ0v) is 11.5. The van der Waals surface area contributed by atoms with E-state index in [1.807, 2.05) is 0 Å². The van der Waals surface area contributed by atoms with Crippen LogP contribution in [-0.4, -0.2) is 28.8 Å². The number of likely N-dealkylation sites (tertiary alicyclic amines) is 1. The summed E-state index contributed by atoms with van der Waals surface area (Å²) in [5.74, 6) is 1.25. The summed E-state index contributed by atoms with van der Waals surface area (Å²) in [5, 5.41) is 0.794. The molecule has 1 amide bonds. The fraction of sp³-hybridized carbons (Fsp3) is 0.429. The van der Waals surface area contributed by atoms with Gasteiger partial charge in [-0.1, -0.05) is 11.6 Å². The van der Waals surface area contributed by atoms with Gasteiger partial charge in [0.2, 0.25) is 0 Å². The molecule has 2 aliphatic rings. The number of hydrogen-bond acceptors (Lipinski definition) is 3. The number of benzene rings is 1. The van der Waals surface area contributed by atoms with Crippen molar-refractivity contribution in [1.29, 1.82) is 0 Å². The molecular formula is C14H13ClN2O3. The SMILES string of the molecule is O=C(N1CC2CCC2C1)n1oc(=O)c2cc(Cl)ccc21. The van der Waals surface area contributed by atoms with E-state index in [0.29, 0.717) is 27.8 Å². The van der Waals surface area contributed by atoms with Gasteiger partial charge in [-0.05, 0) is 42.9 Å². The molecule has 2 atom stereocenters. The average Bonchev–Trinajstić information content (AvgIpc) is 2.88. The largest absolute Gasteiger partial charge is 0.366 e. The molecule has 2 heterocycles. The van der Waals surface area contributed by atoms with Gasteiger partial charge in [-0.3, -0.25) is 0 Å². The van der Waals surface area contributed by atoms with E-state index in [-0.39, 0.29) is 6.03 Å².